The van der Waals surface area contributed by atoms with E-state index in [1.165, 1.54) is 6.26 Å². The van der Waals surface area contributed by atoms with Crippen LogP contribution in [0.1, 0.15) is 33.3 Å². The monoisotopic (exact) mass is 351 g/mol. The minimum atomic E-state index is -1.10. The Morgan fingerprint density at radius 1 is 1.25 bits per heavy atom. The third kappa shape index (κ3) is 2.87. The van der Waals surface area contributed by atoms with Gasteiger partial charge in [-0.25, -0.2) is 4.79 Å². The van der Waals surface area contributed by atoms with Gasteiger partial charge in [-0.15, -0.1) is 0 Å². The van der Waals surface area contributed by atoms with Gasteiger partial charge in [0.25, 0.3) is 0 Å². The minimum absolute atomic E-state index is 0.130. The van der Waals surface area contributed by atoms with Gasteiger partial charge in [-0.1, -0.05) is 17.7 Å². The Morgan fingerprint density at radius 2 is 1.88 bits per heavy atom. The number of benzene rings is 1. The molecule has 1 aliphatic heterocycles. The second-order valence-electron chi connectivity index (χ2n) is 6.89. The molecule has 0 aliphatic carbocycles. The minimum Gasteiger partial charge on any atom is -0.465 e. The molecule has 3 rings (SSSR count). The number of amides is 1. The van der Waals surface area contributed by atoms with Crippen molar-refractivity contribution in [3.05, 3.63) is 29.0 Å². The normalized spacial score (nSPS) is 19.0. The Balaban J connectivity index is 1.98. The summed E-state index contributed by atoms with van der Waals surface area (Å²) in [6.07, 6.45) is 0.401. The van der Waals surface area contributed by atoms with Crippen LogP contribution < -0.4 is 10.8 Å². The van der Waals surface area contributed by atoms with Crippen molar-refractivity contribution in [1.29, 1.82) is 0 Å². The van der Waals surface area contributed by atoms with Crippen molar-refractivity contribution in [2.24, 2.45) is 0 Å². The van der Waals surface area contributed by atoms with Crippen LogP contribution >= 0.6 is 11.6 Å². The maximum Gasteiger partial charge on any atom is 0.494 e. The quantitative estimate of drug-likeness (QED) is 0.830. The van der Waals surface area contributed by atoms with E-state index < -0.39 is 24.4 Å². The highest BCUT2D eigenvalue weighted by molar-refractivity contribution is 6.63. The van der Waals surface area contributed by atoms with Crippen molar-refractivity contribution in [3.63, 3.8) is 0 Å². The van der Waals surface area contributed by atoms with Gasteiger partial charge in [-0.3, -0.25) is 0 Å². The molecule has 128 valence electrons. The molecule has 0 atom stereocenters. The van der Waals surface area contributed by atoms with Crippen LogP contribution in [0.4, 0.5) is 4.79 Å². The highest BCUT2D eigenvalue weighted by atomic mass is 35.5. The summed E-state index contributed by atoms with van der Waals surface area (Å²) in [4.78, 5) is 10.7. The standard InChI is InChI=1S/C16H19BClNO5/c1-15(2)16(3,4)24-17(23-15)10-5-11-9(7-19-14(20)21)8-22-13(11)12(18)6-10/h5-6,8,19H,7H2,1-4H3,(H,20,21). The molecule has 0 saturated carbocycles. The molecule has 1 fully saturated rings. The van der Waals surface area contributed by atoms with Crippen molar-refractivity contribution in [1.82, 2.24) is 5.32 Å². The molecule has 1 amide bonds. The molecule has 8 heteroatoms. The zero-order chi connectivity index (χ0) is 17.7. The second-order valence-corrected chi connectivity index (χ2v) is 7.29. The Bertz CT molecular complexity index is 785. The van der Waals surface area contributed by atoms with Crippen LogP contribution in [0.5, 0.6) is 0 Å². The van der Waals surface area contributed by atoms with Gasteiger partial charge in [0, 0.05) is 17.5 Å². The molecule has 0 radical (unpaired) electrons. The van der Waals surface area contributed by atoms with Gasteiger partial charge in [0.1, 0.15) is 0 Å². The summed E-state index contributed by atoms with van der Waals surface area (Å²) in [5, 5.41) is 12.3. The van der Waals surface area contributed by atoms with Crippen LogP contribution in [0.25, 0.3) is 11.0 Å². The van der Waals surface area contributed by atoms with Crippen LogP contribution in [-0.2, 0) is 15.9 Å². The molecule has 6 nitrogen and oxygen atoms in total. The lowest BCUT2D eigenvalue weighted by molar-refractivity contribution is 0.00578. The first-order valence-corrected chi connectivity index (χ1v) is 8.00. The summed E-state index contributed by atoms with van der Waals surface area (Å²) in [5.74, 6) is 0. The average Bonchev–Trinajstić information content (AvgIpc) is 2.95. The highest BCUT2D eigenvalue weighted by Crippen LogP contribution is 2.37. The molecule has 1 aromatic carbocycles. The van der Waals surface area contributed by atoms with Gasteiger partial charge in [0.15, 0.2) is 5.58 Å². The van der Waals surface area contributed by atoms with Gasteiger partial charge in [0.05, 0.1) is 22.5 Å². The van der Waals surface area contributed by atoms with E-state index in [-0.39, 0.29) is 6.54 Å². The van der Waals surface area contributed by atoms with Crippen LogP contribution in [-0.4, -0.2) is 29.5 Å². The van der Waals surface area contributed by atoms with Crippen LogP contribution in [0.2, 0.25) is 5.02 Å². The maximum absolute atomic E-state index is 10.7. The van der Waals surface area contributed by atoms with E-state index in [4.69, 9.17) is 30.4 Å². The van der Waals surface area contributed by atoms with E-state index in [0.29, 0.717) is 16.2 Å². The molecule has 0 unspecified atom stereocenters. The third-order valence-electron chi connectivity index (χ3n) is 4.69. The zero-order valence-corrected chi connectivity index (χ0v) is 14.7. The van der Waals surface area contributed by atoms with Crippen molar-refractivity contribution in [3.8, 4) is 0 Å². The lowest BCUT2D eigenvalue weighted by atomic mass is 9.78. The van der Waals surface area contributed by atoms with E-state index in [1.807, 2.05) is 33.8 Å². The lowest BCUT2D eigenvalue weighted by Gasteiger charge is -2.32. The number of carboxylic acid groups (broad SMARTS) is 1. The first kappa shape index (κ1) is 17.1. The summed E-state index contributed by atoms with van der Waals surface area (Å²) < 4.78 is 17.6. The van der Waals surface area contributed by atoms with Crippen LogP contribution in [0, 0.1) is 0 Å². The van der Waals surface area contributed by atoms with Crippen LogP contribution in [0.15, 0.2) is 22.8 Å². The lowest BCUT2D eigenvalue weighted by Crippen LogP contribution is -2.41. The summed E-state index contributed by atoms with van der Waals surface area (Å²) >= 11 is 6.32. The molecule has 1 aliphatic rings. The van der Waals surface area contributed by atoms with E-state index in [0.717, 1.165) is 10.8 Å². The smallest absolute Gasteiger partial charge is 0.465 e. The number of halogens is 1. The van der Waals surface area contributed by atoms with E-state index in [2.05, 4.69) is 5.32 Å². The summed E-state index contributed by atoms with van der Waals surface area (Å²) in [7, 11) is -0.549. The van der Waals surface area contributed by atoms with Gasteiger partial charge in [-0.05, 0) is 39.2 Å². The fourth-order valence-corrected chi connectivity index (χ4v) is 2.86. The maximum atomic E-state index is 10.7. The van der Waals surface area contributed by atoms with Crippen molar-refractivity contribution in [2.75, 3.05) is 0 Å². The molecule has 0 bridgehead atoms. The average molecular weight is 352 g/mol. The second kappa shape index (κ2) is 5.69. The SMILES string of the molecule is CC1(C)OB(c2cc(Cl)c3occ(CNC(=O)O)c3c2)OC1(C)C. The molecule has 1 aromatic heterocycles. The zero-order valence-electron chi connectivity index (χ0n) is 14.0. The van der Waals surface area contributed by atoms with Crippen molar-refractivity contribution >= 4 is 41.2 Å². The predicted molar refractivity (Wildman–Crippen MR) is 91.8 cm³/mol. The van der Waals surface area contributed by atoms with Gasteiger partial charge < -0.3 is 24.1 Å². The molecular formula is C16H19BClNO5. The highest BCUT2D eigenvalue weighted by Gasteiger charge is 2.51. The number of hydrogen-bond donors (Lipinski definition) is 2. The van der Waals surface area contributed by atoms with E-state index in [9.17, 15) is 4.79 Å². The number of fused-ring (bicyclic) bond motifs is 1. The van der Waals surface area contributed by atoms with Crippen molar-refractivity contribution in [2.45, 2.75) is 45.4 Å². The molecule has 0 spiro atoms. The Morgan fingerprint density at radius 3 is 2.46 bits per heavy atom. The number of hydrogen-bond acceptors (Lipinski definition) is 4. The third-order valence-corrected chi connectivity index (χ3v) is 4.97. The topological polar surface area (TPSA) is 80.9 Å². The number of nitrogens with one attached hydrogen (secondary N) is 1. The molecule has 24 heavy (non-hydrogen) atoms. The van der Waals surface area contributed by atoms with Gasteiger partial charge in [-0.2, -0.15) is 0 Å². The number of rotatable bonds is 3. The molecule has 1 saturated heterocycles. The summed E-state index contributed by atoms with van der Waals surface area (Å²) in [6.45, 7) is 8.05. The Kier molecular flexibility index (Phi) is 4.06. The van der Waals surface area contributed by atoms with Crippen LogP contribution in [0.3, 0.4) is 0 Å². The fraction of sp³-hybridized carbons (Fsp3) is 0.438. The van der Waals surface area contributed by atoms with E-state index in [1.54, 1.807) is 6.07 Å². The summed E-state index contributed by atoms with van der Waals surface area (Å²) in [5.41, 5.74) is 1.07. The Hall–Kier alpha value is -1.70. The largest absolute Gasteiger partial charge is 0.494 e. The first-order valence-electron chi connectivity index (χ1n) is 7.63. The molecule has 2 aromatic rings. The van der Waals surface area contributed by atoms with Crippen molar-refractivity contribution < 1.29 is 23.6 Å². The molecule has 2 N–H and O–H groups in total. The molecule has 2 heterocycles. The Labute approximate surface area is 145 Å². The van der Waals surface area contributed by atoms with E-state index >= 15 is 0 Å². The van der Waals surface area contributed by atoms with Gasteiger partial charge >= 0.3 is 13.2 Å². The summed E-state index contributed by atoms with van der Waals surface area (Å²) in [6, 6.07) is 3.62. The predicted octanol–water partition coefficient (Wildman–Crippen LogP) is 3.15. The first-order chi connectivity index (χ1) is 11.1. The fourth-order valence-electron chi connectivity index (χ4n) is 2.59. The molecular weight excluding hydrogens is 332 g/mol. The number of furan rings is 1. The number of carbonyl (C=O) groups is 1. The van der Waals surface area contributed by atoms with Gasteiger partial charge in [0.2, 0.25) is 0 Å².